The number of Topliss-reactive ketones (excluding diaryl/α,β-unsaturated/α-hetero) is 1. The van der Waals surface area contributed by atoms with Crippen LogP contribution in [-0.2, 0) is 16.0 Å². The summed E-state index contributed by atoms with van der Waals surface area (Å²) >= 11 is 0. The number of rotatable bonds is 8. The highest BCUT2D eigenvalue weighted by molar-refractivity contribution is 6.07. The van der Waals surface area contributed by atoms with Crippen molar-refractivity contribution in [2.24, 2.45) is 0 Å². The van der Waals surface area contributed by atoms with Crippen molar-refractivity contribution in [3.05, 3.63) is 119 Å². The van der Waals surface area contributed by atoms with Crippen LogP contribution >= 0.6 is 0 Å². The van der Waals surface area contributed by atoms with Gasteiger partial charge in [-0.25, -0.2) is 0 Å². The van der Waals surface area contributed by atoms with Gasteiger partial charge < -0.3 is 24.3 Å². The lowest BCUT2D eigenvalue weighted by molar-refractivity contribution is -0.118. The molecule has 6 rings (SSSR count). The van der Waals surface area contributed by atoms with E-state index in [9.17, 15) is 9.59 Å². The van der Waals surface area contributed by atoms with Crippen LogP contribution in [-0.4, -0.2) is 40.1 Å². The molecule has 0 bridgehead atoms. The molecule has 1 N–H and O–H groups in total. The van der Waals surface area contributed by atoms with Gasteiger partial charge in [-0.1, -0.05) is 54.6 Å². The fourth-order valence-electron chi connectivity index (χ4n) is 6.41. The van der Waals surface area contributed by atoms with E-state index in [0.717, 1.165) is 28.3 Å². The van der Waals surface area contributed by atoms with Crippen molar-refractivity contribution in [2.45, 2.75) is 31.2 Å². The summed E-state index contributed by atoms with van der Waals surface area (Å²) < 4.78 is 22.4. The molecule has 0 saturated carbocycles. The third-order valence-corrected chi connectivity index (χ3v) is 8.55. The standard InChI is InChI=1S/C37H36N2O6/c1-42-27-16-14-24(15-17-27)25-19-29-35(31(40)20-25)36(26-21-32(43-2)37(45-4)33(22-26)44-3)39(30-13-9-8-12-28(30)38-29)34(41)18-23-10-6-5-7-11-23/h5-17,21-22,25,36,38H,18-20H2,1-4H3/t25-,36-/m0/s1. The van der Waals surface area contributed by atoms with E-state index in [1.54, 1.807) is 33.3 Å². The molecule has 0 aromatic heterocycles. The van der Waals surface area contributed by atoms with Crippen molar-refractivity contribution in [3.8, 4) is 23.0 Å². The monoisotopic (exact) mass is 604 g/mol. The summed E-state index contributed by atoms with van der Waals surface area (Å²) in [5, 5.41) is 3.60. The largest absolute Gasteiger partial charge is 0.497 e. The molecule has 0 spiro atoms. The van der Waals surface area contributed by atoms with Crippen molar-refractivity contribution in [1.29, 1.82) is 0 Å². The van der Waals surface area contributed by atoms with E-state index in [1.807, 2.05) is 91.0 Å². The van der Waals surface area contributed by atoms with Crippen LogP contribution in [0.3, 0.4) is 0 Å². The molecule has 1 aliphatic carbocycles. The fraction of sp³-hybridized carbons (Fsp3) is 0.243. The van der Waals surface area contributed by atoms with Crippen molar-refractivity contribution in [3.63, 3.8) is 0 Å². The molecular formula is C37H36N2O6. The lowest BCUT2D eigenvalue weighted by atomic mass is 9.78. The molecule has 8 nitrogen and oxygen atoms in total. The lowest BCUT2D eigenvalue weighted by Crippen LogP contribution is -2.39. The number of hydrogen-bond acceptors (Lipinski definition) is 7. The zero-order valence-corrected chi connectivity index (χ0v) is 25.8. The number of benzene rings is 4. The second-order valence-electron chi connectivity index (χ2n) is 11.1. The maximum Gasteiger partial charge on any atom is 0.232 e. The summed E-state index contributed by atoms with van der Waals surface area (Å²) in [6.07, 6.45) is 1.04. The van der Waals surface area contributed by atoms with Gasteiger partial charge in [0.1, 0.15) is 5.75 Å². The zero-order chi connectivity index (χ0) is 31.5. The van der Waals surface area contributed by atoms with E-state index < -0.39 is 6.04 Å². The predicted octanol–water partition coefficient (Wildman–Crippen LogP) is 6.86. The average Bonchev–Trinajstić information content (AvgIpc) is 3.22. The topological polar surface area (TPSA) is 86.3 Å². The van der Waals surface area contributed by atoms with E-state index in [0.29, 0.717) is 46.9 Å². The van der Waals surface area contributed by atoms with Crippen LogP contribution in [0.5, 0.6) is 23.0 Å². The number of ketones is 1. The highest BCUT2D eigenvalue weighted by atomic mass is 16.5. The highest BCUT2D eigenvalue weighted by Gasteiger charge is 2.42. The summed E-state index contributed by atoms with van der Waals surface area (Å²) in [5.74, 6) is 1.85. The maximum atomic E-state index is 14.5. The number of nitrogens with one attached hydrogen (secondary N) is 1. The highest BCUT2D eigenvalue weighted by Crippen LogP contribution is 2.50. The van der Waals surface area contributed by atoms with Gasteiger partial charge in [0.05, 0.1) is 52.3 Å². The Morgan fingerprint density at radius 2 is 1.44 bits per heavy atom. The van der Waals surface area contributed by atoms with Gasteiger partial charge in [0.15, 0.2) is 17.3 Å². The minimum atomic E-state index is -0.759. The summed E-state index contributed by atoms with van der Waals surface area (Å²) in [6.45, 7) is 0. The SMILES string of the molecule is COc1ccc([C@@H]2CC(=O)C3=C(C2)Nc2ccccc2N(C(=O)Cc2ccccc2)[C@H]3c2cc(OC)c(OC)c(OC)c2)cc1. The van der Waals surface area contributed by atoms with Gasteiger partial charge in [-0.15, -0.1) is 0 Å². The molecule has 230 valence electrons. The second-order valence-corrected chi connectivity index (χ2v) is 11.1. The summed E-state index contributed by atoms with van der Waals surface area (Å²) in [4.78, 5) is 30.7. The molecule has 2 aliphatic rings. The molecule has 4 aromatic carbocycles. The fourth-order valence-corrected chi connectivity index (χ4v) is 6.41. The molecule has 1 heterocycles. The Morgan fingerprint density at radius 3 is 2.09 bits per heavy atom. The number of para-hydroxylation sites is 2. The number of nitrogens with zero attached hydrogens (tertiary/aromatic N) is 1. The second kappa shape index (κ2) is 12.8. The van der Waals surface area contributed by atoms with Crippen molar-refractivity contribution < 1.29 is 28.5 Å². The number of ether oxygens (including phenoxy) is 4. The summed E-state index contributed by atoms with van der Waals surface area (Å²) in [7, 11) is 6.29. The number of methoxy groups -OCH3 is 4. The molecule has 2 atom stereocenters. The molecule has 0 saturated heterocycles. The van der Waals surface area contributed by atoms with Crippen LogP contribution in [0.15, 0.2) is 102 Å². The lowest BCUT2D eigenvalue weighted by Gasteiger charge is -2.35. The first-order chi connectivity index (χ1) is 21.9. The normalized spacial score (nSPS) is 17.4. The Kier molecular flexibility index (Phi) is 8.47. The van der Waals surface area contributed by atoms with Gasteiger partial charge in [-0.05, 0) is 65.4 Å². The van der Waals surface area contributed by atoms with E-state index in [-0.39, 0.29) is 24.0 Å². The van der Waals surface area contributed by atoms with E-state index in [1.165, 1.54) is 0 Å². The molecule has 8 heteroatoms. The predicted molar refractivity (Wildman–Crippen MR) is 174 cm³/mol. The first kappa shape index (κ1) is 29.8. The van der Waals surface area contributed by atoms with Crippen molar-refractivity contribution in [2.75, 3.05) is 38.7 Å². The number of anilines is 2. The number of fused-ring (bicyclic) bond motifs is 1. The Bertz CT molecular complexity index is 1720. The van der Waals surface area contributed by atoms with Crippen LogP contribution in [0.25, 0.3) is 0 Å². The van der Waals surface area contributed by atoms with Crippen molar-refractivity contribution in [1.82, 2.24) is 0 Å². The molecule has 0 unspecified atom stereocenters. The zero-order valence-electron chi connectivity index (χ0n) is 25.8. The summed E-state index contributed by atoms with van der Waals surface area (Å²) in [5.41, 5.74) is 5.37. The Balaban J connectivity index is 1.56. The molecule has 1 amide bonds. The minimum absolute atomic E-state index is 0.0337. The van der Waals surface area contributed by atoms with Crippen LogP contribution in [0.2, 0.25) is 0 Å². The van der Waals surface area contributed by atoms with Crippen LogP contribution in [0.4, 0.5) is 11.4 Å². The first-order valence-corrected chi connectivity index (χ1v) is 14.9. The smallest absolute Gasteiger partial charge is 0.232 e. The summed E-state index contributed by atoms with van der Waals surface area (Å²) in [6, 6.07) is 28.1. The van der Waals surface area contributed by atoms with E-state index in [4.69, 9.17) is 18.9 Å². The van der Waals surface area contributed by atoms with Crippen LogP contribution in [0, 0.1) is 0 Å². The Labute approximate surface area is 263 Å². The van der Waals surface area contributed by atoms with Gasteiger partial charge >= 0.3 is 0 Å². The number of carbonyl (C=O) groups is 2. The molecule has 1 aliphatic heterocycles. The van der Waals surface area contributed by atoms with Gasteiger partial charge in [0, 0.05) is 17.7 Å². The number of carbonyl (C=O) groups excluding carboxylic acids is 2. The Morgan fingerprint density at radius 1 is 0.778 bits per heavy atom. The van der Waals surface area contributed by atoms with Gasteiger partial charge in [-0.3, -0.25) is 14.5 Å². The van der Waals surface area contributed by atoms with Gasteiger partial charge in [0.2, 0.25) is 11.7 Å². The van der Waals surface area contributed by atoms with E-state index in [2.05, 4.69) is 5.32 Å². The number of amides is 1. The molecule has 0 fully saturated rings. The quantitative estimate of drug-likeness (QED) is 0.235. The van der Waals surface area contributed by atoms with Crippen LogP contribution < -0.4 is 29.2 Å². The molecular weight excluding hydrogens is 568 g/mol. The first-order valence-electron chi connectivity index (χ1n) is 14.9. The Hall–Kier alpha value is -5.24. The maximum absolute atomic E-state index is 14.5. The van der Waals surface area contributed by atoms with Crippen LogP contribution in [0.1, 0.15) is 41.5 Å². The third-order valence-electron chi connectivity index (χ3n) is 8.55. The van der Waals surface area contributed by atoms with E-state index >= 15 is 0 Å². The van der Waals surface area contributed by atoms with Crippen molar-refractivity contribution >= 4 is 23.1 Å². The molecule has 0 radical (unpaired) electrons. The molecule has 4 aromatic rings. The van der Waals surface area contributed by atoms with Gasteiger partial charge in [-0.2, -0.15) is 0 Å². The molecule has 45 heavy (non-hydrogen) atoms. The number of hydrogen-bond donors (Lipinski definition) is 1. The minimum Gasteiger partial charge on any atom is -0.497 e. The number of allylic oxidation sites excluding steroid dienone is 1. The average molecular weight is 605 g/mol. The third kappa shape index (κ3) is 5.71. The van der Waals surface area contributed by atoms with Gasteiger partial charge in [0.25, 0.3) is 0 Å².